The van der Waals surface area contributed by atoms with Crippen molar-refractivity contribution in [1.29, 1.82) is 0 Å². The van der Waals surface area contributed by atoms with Gasteiger partial charge in [-0.25, -0.2) is 0 Å². The lowest BCUT2D eigenvalue weighted by Crippen LogP contribution is -2.36. The van der Waals surface area contributed by atoms with E-state index in [1.54, 1.807) is 17.0 Å². The molecule has 152 valence electrons. The summed E-state index contributed by atoms with van der Waals surface area (Å²) < 4.78 is 0. The lowest BCUT2D eigenvalue weighted by Gasteiger charge is -2.23. The van der Waals surface area contributed by atoms with Crippen molar-refractivity contribution in [2.24, 2.45) is 5.92 Å². The van der Waals surface area contributed by atoms with E-state index in [9.17, 15) is 9.59 Å². The van der Waals surface area contributed by atoms with Crippen molar-refractivity contribution in [2.75, 3.05) is 16.8 Å². The molecule has 0 aliphatic heterocycles. The number of hydrogen-bond donors (Lipinski definition) is 2. The maximum Gasteiger partial charge on any atom is 0.260 e. The molecule has 6 heteroatoms. The molecule has 0 atom stereocenters. The fourth-order valence-corrected chi connectivity index (χ4v) is 4.01. The fourth-order valence-electron chi connectivity index (χ4n) is 3.78. The van der Waals surface area contributed by atoms with Crippen molar-refractivity contribution in [3.8, 4) is 0 Å². The Balaban J connectivity index is 1.68. The Morgan fingerprint density at radius 1 is 1.03 bits per heavy atom. The highest BCUT2D eigenvalue weighted by molar-refractivity contribution is 7.80. The topological polar surface area (TPSA) is 61.4 Å². The summed E-state index contributed by atoms with van der Waals surface area (Å²) in [4.78, 5) is 27.1. The molecule has 3 rings (SSSR count). The van der Waals surface area contributed by atoms with Crippen LogP contribution in [0.25, 0.3) is 0 Å². The first kappa shape index (κ1) is 21.0. The Morgan fingerprint density at radius 3 is 2.38 bits per heavy atom. The molecule has 2 aromatic rings. The summed E-state index contributed by atoms with van der Waals surface area (Å²) in [5, 5.41) is 6.00. The van der Waals surface area contributed by atoms with E-state index in [4.69, 9.17) is 12.2 Å². The minimum atomic E-state index is -0.123. The zero-order chi connectivity index (χ0) is 20.6. The molecule has 1 aliphatic rings. The second-order valence-electron chi connectivity index (χ2n) is 7.29. The van der Waals surface area contributed by atoms with Crippen LogP contribution in [0.15, 0.2) is 54.6 Å². The number of carbonyl (C=O) groups excluding carboxylic acids is 2. The number of nitrogens with one attached hydrogen (secondary N) is 2. The molecule has 2 aromatic carbocycles. The van der Waals surface area contributed by atoms with Gasteiger partial charge in [0, 0.05) is 18.7 Å². The van der Waals surface area contributed by atoms with Crippen LogP contribution in [0.4, 0.5) is 11.4 Å². The molecule has 0 radical (unpaired) electrons. The number of thiocarbonyl (C=S) groups is 1. The third-order valence-electron chi connectivity index (χ3n) is 5.24. The Bertz CT molecular complexity index is 863. The minimum Gasteiger partial charge on any atom is -0.332 e. The first-order chi connectivity index (χ1) is 14.1. The van der Waals surface area contributed by atoms with Crippen LogP contribution in [0.5, 0.6) is 0 Å². The van der Waals surface area contributed by atoms with E-state index in [0.29, 0.717) is 30.1 Å². The molecular weight excluding hydrogens is 382 g/mol. The molecule has 0 spiro atoms. The summed E-state index contributed by atoms with van der Waals surface area (Å²) in [6.07, 6.45) is 5.12. The SMILES string of the molecule is CCN(C(=O)c1ccccc1NC(=S)NC(=O)CC1CCCC1)c1ccccc1. The molecular formula is C23H27N3O2S. The highest BCUT2D eigenvalue weighted by Crippen LogP contribution is 2.27. The molecule has 5 nitrogen and oxygen atoms in total. The molecule has 29 heavy (non-hydrogen) atoms. The number of para-hydroxylation sites is 2. The normalized spacial score (nSPS) is 13.7. The highest BCUT2D eigenvalue weighted by atomic mass is 32.1. The van der Waals surface area contributed by atoms with Crippen LogP contribution in [0, 0.1) is 5.92 Å². The number of hydrogen-bond acceptors (Lipinski definition) is 3. The summed E-state index contributed by atoms with van der Waals surface area (Å²) in [6.45, 7) is 2.48. The fraction of sp³-hybridized carbons (Fsp3) is 0.348. The molecule has 0 bridgehead atoms. The number of nitrogens with zero attached hydrogens (tertiary/aromatic N) is 1. The van der Waals surface area contributed by atoms with Gasteiger partial charge in [0.2, 0.25) is 5.91 Å². The lowest BCUT2D eigenvalue weighted by atomic mass is 10.0. The number of rotatable bonds is 6. The molecule has 0 unspecified atom stereocenters. The number of anilines is 2. The first-order valence-electron chi connectivity index (χ1n) is 10.1. The summed E-state index contributed by atoms with van der Waals surface area (Å²) >= 11 is 5.32. The molecule has 2 amide bonds. The van der Waals surface area contributed by atoms with Gasteiger partial charge in [0.15, 0.2) is 5.11 Å². The second-order valence-corrected chi connectivity index (χ2v) is 7.70. The van der Waals surface area contributed by atoms with Crippen molar-refractivity contribution >= 4 is 40.5 Å². The monoisotopic (exact) mass is 409 g/mol. The highest BCUT2D eigenvalue weighted by Gasteiger charge is 2.21. The zero-order valence-corrected chi connectivity index (χ0v) is 17.5. The van der Waals surface area contributed by atoms with E-state index in [1.807, 2.05) is 49.4 Å². The van der Waals surface area contributed by atoms with Gasteiger partial charge >= 0.3 is 0 Å². The van der Waals surface area contributed by atoms with Crippen molar-refractivity contribution < 1.29 is 9.59 Å². The van der Waals surface area contributed by atoms with Crippen LogP contribution in [0.1, 0.15) is 49.4 Å². The standard InChI is InChI=1S/C23H27N3O2S/c1-2-26(18-12-4-3-5-13-18)22(28)19-14-8-9-15-20(19)24-23(29)25-21(27)16-17-10-6-7-11-17/h3-5,8-9,12-15,17H,2,6-7,10-11,16H2,1H3,(H2,24,25,27,29). The quantitative estimate of drug-likeness (QED) is 0.676. The summed E-state index contributed by atoms with van der Waals surface area (Å²) in [7, 11) is 0. The van der Waals surface area contributed by atoms with Crippen LogP contribution in [0.2, 0.25) is 0 Å². The van der Waals surface area contributed by atoms with Crippen LogP contribution in [-0.2, 0) is 4.79 Å². The predicted octanol–water partition coefficient (Wildman–Crippen LogP) is 4.75. The summed E-state index contributed by atoms with van der Waals surface area (Å²) in [5.41, 5.74) is 1.92. The smallest absolute Gasteiger partial charge is 0.260 e. The molecule has 1 saturated carbocycles. The van der Waals surface area contributed by atoms with E-state index in [-0.39, 0.29) is 16.9 Å². The van der Waals surface area contributed by atoms with Gasteiger partial charge in [0.1, 0.15) is 0 Å². The van der Waals surface area contributed by atoms with Gasteiger partial charge in [0.05, 0.1) is 11.3 Å². The summed E-state index contributed by atoms with van der Waals surface area (Å²) in [6, 6.07) is 16.8. The van der Waals surface area contributed by atoms with Crippen molar-refractivity contribution in [2.45, 2.75) is 39.0 Å². The molecule has 0 saturated heterocycles. The van der Waals surface area contributed by atoms with Crippen molar-refractivity contribution in [3.63, 3.8) is 0 Å². The third-order valence-corrected chi connectivity index (χ3v) is 5.44. The van der Waals surface area contributed by atoms with E-state index in [1.165, 1.54) is 12.8 Å². The van der Waals surface area contributed by atoms with Crippen LogP contribution < -0.4 is 15.5 Å². The molecule has 2 N–H and O–H groups in total. The molecule has 0 heterocycles. The number of benzene rings is 2. The Morgan fingerprint density at radius 2 is 1.69 bits per heavy atom. The second kappa shape index (κ2) is 10.2. The molecule has 1 fully saturated rings. The molecule has 1 aliphatic carbocycles. The summed E-state index contributed by atoms with van der Waals surface area (Å²) in [5.74, 6) is 0.259. The molecule has 0 aromatic heterocycles. The largest absolute Gasteiger partial charge is 0.332 e. The minimum absolute atomic E-state index is 0.0716. The maximum absolute atomic E-state index is 13.2. The third kappa shape index (κ3) is 5.64. The van der Waals surface area contributed by atoms with Gasteiger partial charge in [-0.1, -0.05) is 43.2 Å². The van der Waals surface area contributed by atoms with Gasteiger partial charge in [-0.15, -0.1) is 0 Å². The van der Waals surface area contributed by atoms with Crippen LogP contribution >= 0.6 is 12.2 Å². The Labute approximate surface area is 177 Å². The van der Waals surface area contributed by atoms with Crippen LogP contribution in [0.3, 0.4) is 0 Å². The van der Waals surface area contributed by atoms with Crippen LogP contribution in [-0.4, -0.2) is 23.5 Å². The van der Waals surface area contributed by atoms with Gasteiger partial charge in [0.25, 0.3) is 5.91 Å². The van der Waals surface area contributed by atoms with Gasteiger partial charge in [-0.3, -0.25) is 9.59 Å². The van der Waals surface area contributed by atoms with Crippen molar-refractivity contribution in [1.82, 2.24) is 5.32 Å². The number of carbonyl (C=O) groups is 2. The van der Waals surface area contributed by atoms with E-state index in [2.05, 4.69) is 10.6 Å². The zero-order valence-electron chi connectivity index (χ0n) is 16.7. The predicted molar refractivity (Wildman–Crippen MR) is 121 cm³/mol. The van der Waals surface area contributed by atoms with Gasteiger partial charge in [-0.2, -0.15) is 0 Å². The number of amides is 2. The average molecular weight is 410 g/mol. The maximum atomic E-state index is 13.2. The Kier molecular flexibility index (Phi) is 7.36. The van der Waals surface area contributed by atoms with Gasteiger partial charge < -0.3 is 15.5 Å². The van der Waals surface area contributed by atoms with E-state index < -0.39 is 0 Å². The van der Waals surface area contributed by atoms with E-state index in [0.717, 1.165) is 18.5 Å². The average Bonchev–Trinajstić information content (AvgIpc) is 3.22. The van der Waals surface area contributed by atoms with E-state index >= 15 is 0 Å². The lowest BCUT2D eigenvalue weighted by molar-refractivity contribution is -0.120. The Hall–Kier alpha value is -2.73. The van der Waals surface area contributed by atoms with Crippen molar-refractivity contribution in [3.05, 3.63) is 60.2 Å². The van der Waals surface area contributed by atoms with Gasteiger partial charge in [-0.05, 0) is 62.2 Å². The first-order valence-corrected chi connectivity index (χ1v) is 10.6.